The van der Waals surface area contributed by atoms with Gasteiger partial charge < -0.3 is 10.2 Å². The molecule has 2 fully saturated rings. The lowest BCUT2D eigenvalue weighted by atomic mass is 9.91. The SMILES string of the molecule is O=C1NCC(c2cc(N3CC(c4ccccc4)C3)c3nccn3n2)C(=O)N1. The quantitative estimate of drug-likeness (QED) is 0.732. The van der Waals surface area contributed by atoms with Crippen molar-refractivity contribution in [2.75, 3.05) is 24.5 Å². The predicted octanol–water partition coefficient (Wildman–Crippen LogP) is 1.26. The van der Waals surface area contributed by atoms with Crippen molar-refractivity contribution in [3.05, 3.63) is 60.0 Å². The average Bonchev–Trinajstić information content (AvgIpc) is 3.10. The third-order valence-electron chi connectivity index (χ3n) is 5.23. The van der Waals surface area contributed by atoms with Crippen LogP contribution in [0.15, 0.2) is 48.8 Å². The first-order valence-corrected chi connectivity index (χ1v) is 8.92. The number of imide groups is 1. The van der Waals surface area contributed by atoms with Crippen molar-refractivity contribution in [3.8, 4) is 0 Å². The molecule has 5 rings (SSSR count). The summed E-state index contributed by atoms with van der Waals surface area (Å²) in [4.78, 5) is 30.2. The zero-order valence-corrected chi connectivity index (χ0v) is 14.5. The number of nitrogens with zero attached hydrogens (tertiary/aromatic N) is 4. The van der Waals surface area contributed by atoms with Gasteiger partial charge in [0.2, 0.25) is 5.91 Å². The summed E-state index contributed by atoms with van der Waals surface area (Å²) in [7, 11) is 0. The van der Waals surface area contributed by atoms with Gasteiger partial charge in [0.15, 0.2) is 5.65 Å². The summed E-state index contributed by atoms with van der Waals surface area (Å²) in [6, 6.07) is 11.9. The fourth-order valence-corrected chi connectivity index (χ4v) is 3.70. The Labute approximate surface area is 155 Å². The van der Waals surface area contributed by atoms with E-state index in [1.165, 1.54) is 5.56 Å². The van der Waals surface area contributed by atoms with Gasteiger partial charge in [0, 0.05) is 37.9 Å². The van der Waals surface area contributed by atoms with Crippen LogP contribution in [0.3, 0.4) is 0 Å². The minimum atomic E-state index is -0.514. The highest BCUT2D eigenvalue weighted by Gasteiger charge is 2.33. The van der Waals surface area contributed by atoms with E-state index >= 15 is 0 Å². The lowest BCUT2D eigenvalue weighted by Crippen LogP contribution is -2.51. The van der Waals surface area contributed by atoms with Crippen LogP contribution in [0, 0.1) is 0 Å². The maximum absolute atomic E-state index is 12.2. The number of hydrogen-bond acceptors (Lipinski definition) is 5. The molecule has 3 aromatic rings. The topological polar surface area (TPSA) is 91.6 Å². The molecule has 8 heteroatoms. The molecule has 2 saturated heterocycles. The molecule has 0 bridgehead atoms. The number of carbonyl (C=O) groups excluding carboxylic acids is 2. The summed E-state index contributed by atoms with van der Waals surface area (Å²) in [6.45, 7) is 2.02. The molecular formula is C19H18N6O2. The molecule has 0 radical (unpaired) electrons. The van der Waals surface area contributed by atoms with E-state index in [0.717, 1.165) is 24.4 Å². The van der Waals surface area contributed by atoms with E-state index in [4.69, 9.17) is 0 Å². The van der Waals surface area contributed by atoms with Crippen molar-refractivity contribution in [1.29, 1.82) is 0 Å². The Bertz CT molecular complexity index is 1030. The number of hydrogen-bond donors (Lipinski definition) is 2. The second-order valence-electron chi connectivity index (χ2n) is 6.91. The van der Waals surface area contributed by atoms with Crippen molar-refractivity contribution in [2.45, 2.75) is 11.8 Å². The van der Waals surface area contributed by atoms with E-state index in [1.807, 2.05) is 12.1 Å². The van der Waals surface area contributed by atoms with E-state index in [2.05, 4.69) is 49.9 Å². The maximum atomic E-state index is 12.2. The van der Waals surface area contributed by atoms with Crippen LogP contribution in [-0.4, -0.2) is 46.2 Å². The van der Waals surface area contributed by atoms with Crippen LogP contribution in [-0.2, 0) is 4.79 Å². The van der Waals surface area contributed by atoms with Gasteiger partial charge in [-0.2, -0.15) is 5.10 Å². The van der Waals surface area contributed by atoms with Gasteiger partial charge in [-0.1, -0.05) is 30.3 Å². The van der Waals surface area contributed by atoms with Crippen LogP contribution in [0.2, 0.25) is 0 Å². The maximum Gasteiger partial charge on any atom is 0.321 e. The number of fused-ring (bicyclic) bond motifs is 1. The normalized spacial score (nSPS) is 20.3. The van der Waals surface area contributed by atoms with E-state index in [9.17, 15) is 9.59 Å². The van der Waals surface area contributed by atoms with Gasteiger partial charge in [0.25, 0.3) is 0 Å². The van der Waals surface area contributed by atoms with E-state index < -0.39 is 11.9 Å². The highest BCUT2D eigenvalue weighted by molar-refractivity contribution is 6.00. The average molecular weight is 362 g/mol. The van der Waals surface area contributed by atoms with Gasteiger partial charge in [-0.05, 0) is 11.6 Å². The lowest BCUT2D eigenvalue weighted by molar-refractivity contribution is -0.122. The van der Waals surface area contributed by atoms with Crippen LogP contribution >= 0.6 is 0 Å². The van der Waals surface area contributed by atoms with Gasteiger partial charge in [-0.25, -0.2) is 14.3 Å². The monoisotopic (exact) mass is 362 g/mol. The van der Waals surface area contributed by atoms with E-state index in [1.54, 1.807) is 16.9 Å². The summed E-state index contributed by atoms with van der Waals surface area (Å²) < 4.78 is 1.70. The summed E-state index contributed by atoms with van der Waals surface area (Å²) in [6.07, 6.45) is 3.48. The molecule has 1 unspecified atom stereocenters. The largest absolute Gasteiger partial charge is 0.367 e. The van der Waals surface area contributed by atoms with E-state index in [0.29, 0.717) is 11.6 Å². The molecule has 1 atom stereocenters. The van der Waals surface area contributed by atoms with Crippen LogP contribution in [0.1, 0.15) is 23.1 Å². The zero-order valence-electron chi connectivity index (χ0n) is 14.5. The third-order valence-corrected chi connectivity index (χ3v) is 5.23. The molecule has 2 aliphatic rings. The van der Waals surface area contributed by atoms with Gasteiger partial charge in [-0.3, -0.25) is 10.1 Å². The number of nitrogens with one attached hydrogen (secondary N) is 2. The summed E-state index contributed by atoms with van der Waals surface area (Å²) in [5.74, 6) is -0.364. The molecule has 2 aromatic heterocycles. The zero-order chi connectivity index (χ0) is 18.4. The smallest absolute Gasteiger partial charge is 0.321 e. The molecule has 0 spiro atoms. The molecule has 27 heavy (non-hydrogen) atoms. The number of urea groups is 1. The molecule has 3 amide bonds. The van der Waals surface area contributed by atoms with Gasteiger partial charge in [0.05, 0.1) is 17.3 Å². The second kappa shape index (κ2) is 6.08. The molecule has 8 nitrogen and oxygen atoms in total. The number of benzene rings is 1. The fraction of sp³-hybridized carbons (Fsp3) is 0.263. The van der Waals surface area contributed by atoms with E-state index in [-0.39, 0.29) is 12.5 Å². The van der Waals surface area contributed by atoms with Crippen molar-refractivity contribution >= 4 is 23.3 Å². The highest BCUT2D eigenvalue weighted by atomic mass is 16.2. The minimum Gasteiger partial charge on any atom is -0.367 e. The predicted molar refractivity (Wildman–Crippen MR) is 98.7 cm³/mol. The molecule has 4 heterocycles. The summed E-state index contributed by atoms with van der Waals surface area (Å²) >= 11 is 0. The third kappa shape index (κ3) is 2.69. The van der Waals surface area contributed by atoms with Crippen LogP contribution in [0.4, 0.5) is 10.5 Å². The number of amides is 3. The van der Waals surface area contributed by atoms with Gasteiger partial charge in [0.1, 0.15) is 0 Å². The van der Waals surface area contributed by atoms with Crippen LogP contribution < -0.4 is 15.5 Å². The molecule has 2 N–H and O–H groups in total. The minimum absolute atomic E-state index is 0.240. The van der Waals surface area contributed by atoms with Crippen molar-refractivity contribution in [3.63, 3.8) is 0 Å². The molecule has 2 aliphatic heterocycles. The van der Waals surface area contributed by atoms with Crippen LogP contribution in [0.25, 0.3) is 5.65 Å². The Kier molecular flexibility index (Phi) is 3.56. The van der Waals surface area contributed by atoms with Crippen LogP contribution in [0.5, 0.6) is 0 Å². The van der Waals surface area contributed by atoms with Crippen molar-refractivity contribution in [2.24, 2.45) is 0 Å². The molecule has 0 aliphatic carbocycles. The fourth-order valence-electron chi connectivity index (χ4n) is 3.70. The first kappa shape index (κ1) is 15.8. The van der Waals surface area contributed by atoms with Gasteiger partial charge in [-0.15, -0.1) is 0 Å². The van der Waals surface area contributed by atoms with Gasteiger partial charge >= 0.3 is 6.03 Å². The first-order chi connectivity index (χ1) is 13.2. The molecule has 1 aromatic carbocycles. The molecule has 0 saturated carbocycles. The summed E-state index contributed by atoms with van der Waals surface area (Å²) in [5, 5.41) is 9.49. The summed E-state index contributed by atoms with van der Waals surface area (Å²) in [5.41, 5.74) is 3.68. The second-order valence-corrected chi connectivity index (χ2v) is 6.91. The number of imidazole rings is 1. The van der Waals surface area contributed by atoms with Crippen molar-refractivity contribution in [1.82, 2.24) is 25.2 Å². The Morgan fingerprint density at radius 2 is 1.93 bits per heavy atom. The highest BCUT2D eigenvalue weighted by Crippen LogP contribution is 2.34. The standard InChI is InChI=1S/C19H18N6O2/c26-18-14(9-21-19(27)22-18)15-8-16(17-20-6-7-25(17)23-15)24-10-13(11-24)12-4-2-1-3-5-12/h1-8,13-14H,9-11H2,(H2,21,22,26,27). The number of carbonyl (C=O) groups is 2. The molecular weight excluding hydrogens is 344 g/mol. The Balaban J connectivity index is 1.45. The number of rotatable bonds is 3. The Morgan fingerprint density at radius 1 is 1.11 bits per heavy atom. The first-order valence-electron chi connectivity index (χ1n) is 8.92. The Morgan fingerprint density at radius 3 is 2.70 bits per heavy atom. The lowest BCUT2D eigenvalue weighted by Gasteiger charge is -2.41. The number of anilines is 1. The van der Waals surface area contributed by atoms with Crippen molar-refractivity contribution < 1.29 is 9.59 Å². The Hall–Kier alpha value is -3.42. The number of aromatic nitrogens is 3. The molecule has 136 valence electrons.